The van der Waals surface area contributed by atoms with E-state index in [4.69, 9.17) is 0 Å². The zero-order valence-corrected chi connectivity index (χ0v) is 5.05. The summed E-state index contributed by atoms with van der Waals surface area (Å²) in [5.41, 5.74) is 5.84. The Kier molecular flexibility index (Phi) is 1.55. The zero-order chi connectivity index (χ0) is 5.98. The van der Waals surface area contributed by atoms with Gasteiger partial charge in [-0.2, -0.15) is 10.2 Å². The molecule has 0 aromatic carbocycles. The number of nitrogens with one attached hydrogen (secondary N) is 2. The smallest absolute Gasteiger partial charge is 0.130 e. The van der Waals surface area contributed by atoms with E-state index in [1.165, 1.54) is 0 Å². The van der Waals surface area contributed by atoms with Gasteiger partial charge in [-0.3, -0.25) is 0 Å². The van der Waals surface area contributed by atoms with Crippen molar-refractivity contribution in [2.75, 3.05) is 0 Å². The number of hydrazine groups is 1. The Morgan fingerprint density at radius 3 is 1.62 bits per heavy atom. The predicted octanol–water partition coefficient (Wildman–Crippen LogP) is 0.238. The maximum absolute atomic E-state index is 3.86. The molecule has 0 aliphatic carbocycles. The lowest BCUT2D eigenvalue weighted by Gasteiger charge is -2.17. The standard InChI is InChI=1S/C4H10N4/c1-3-5-7-4(2)8-6-3/h3-5,7H,1-2H3. The van der Waals surface area contributed by atoms with Crippen LogP contribution >= 0.6 is 0 Å². The van der Waals surface area contributed by atoms with E-state index in [0.717, 1.165) is 0 Å². The molecule has 2 N–H and O–H groups in total. The van der Waals surface area contributed by atoms with Gasteiger partial charge in [0.15, 0.2) is 0 Å². The molecule has 1 aliphatic rings. The van der Waals surface area contributed by atoms with Crippen LogP contribution in [0.1, 0.15) is 13.8 Å². The summed E-state index contributed by atoms with van der Waals surface area (Å²) >= 11 is 0. The monoisotopic (exact) mass is 114 g/mol. The van der Waals surface area contributed by atoms with E-state index in [-0.39, 0.29) is 12.3 Å². The Morgan fingerprint density at radius 2 is 1.38 bits per heavy atom. The topological polar surface area (TPSA) is 48.8 Å². The third kappa shape index (κ3) is 1.24. The third-order valence-electron chi connectivity index (χ3n) is 0.914. The van der Waals surface area contributed by atoms with E-state index in [9.17, 15) is 0 Å². The van der Waals surface area contributed by atoms with Gasteiger partial charge >= 0.3 is 0 Å². The molecule has 0 fully saturated rings. The highest BCUT2D eigenvalue weighted by atomic mass is 15.5. The lowest BCUT2D eigenvalue weighted by molar-refractivity contribution is 0.342. The summed E-state index contributed by atoms with van der Waals surface area (Å²) in [7, 11) is 0. The second-order valence-corrected chi connectivity index (χ2v) is 1.87. The highest BCUT2D eigenvalue weighted by molar-refractivity contribution is 4.60. The second kappa shape index (κ2) is 2.19. The summed E-state index contributed by atoms with van der Waals surface area (Å²) in [5.74, 6) is 0. The molecule has 0 saturated carbocycles. The van der Waals surface area contributed by atoms with E-state index in [1.54, 1.807) is 0 Å². The molecule has 0 amide bonds. The number of hydrogen-bond donors (Lipinski definition) is 2. The third-order valence-corrected chi connectivity index (χ3v) is 0.914. The first kappa shape index (κ1) is 5.65. The van der Waals surface area contributed by atoms with Crippen LogP contribution in [0.4, 0.5) is 0 Å². The van der Waals surface area contributed by atoms with Gasteiger partial charge in [0.1, 0.15) is 12.3 Å². The molecular weight excluding hydrogens is 104 g/mol. The molecule has 2 atom stereocenters. The van der Waals surface area contributed by atoms with Crippen LogP contribution in [0.15, 0.2) is 10.2 Å². The summed E-state index contributed by atoms with van der Waals surface area (Å²) in [6.45, 7) is 3.87. The number of hydrogen-bond acceptors (Lipinski definition) is 4. The average molecular weight is 114 g/mol. The van der Waals surface area contributed by atoms with Crippen LogP contribution in [-0.4, -0.2) is 12.3 Å². The second-order valence-electron chi connectivity index (χ2n) is 1.87. The van der Waals surface area contributed by atoms with Gasteiger partial charge in [-0.25, -0.2) is 10.9 Å². The van der Waals surface area contributed by atoms with Crippen molar-refractivity contribution in [3.8, 4) is 0 Å². The molecule has 0 bridgehead atoms. The fourth-order valence-electron chi connectivity index (χ4n) is 0.499. The van der Waals surface area contributed by atoms with Gasteiger partial charge < -0.3 is 0 Å². The van der Waals surface area contributed by atoms with Crippen molar-refractivity contribution in [2.24, 2.45) is 10.2 Å². The summed E-state index contributed by atoms with van der Waals surface area (Å²) in [6.07, 6.45) is 0.234. The van der Waals surface area contributed by atoms with Crippen LogP contribution in [0, 0.1) is 0 Å². The first-order chi connectivity index (χ1) is 3.79. The predicted molar refractivity (Wildman–Crippen MR) is 30.1 cm³/mol. The molecule has 1 aliphatic heterocycles. The van der Waals surface area contributed by atoms with Gasteiger partial charge in [0, 0.05) is 0 Å². The highest BCUT2D eigenvalue weighted by Crippen LogP contribution is 1.93. The molecule has 2 unspecified atom stereocenters. The zero-order valence-electron chi connectivity index (χ0n) is 5.05. The largest absolute Gasteiger partial charge is 0.231 e. The van der Waals surface area contributed by atoms with Gasteiger partial charge in [0.05, 0.1) is 0 Å². The molecule has 4 nitrogen and oxygen atoms in total. The quantitative estimate of drug-likeness (QED) is 0.474. The first-order valence-electron chi connectivity index (χ1n) is 2.70. The molecule has 0 radical (unpaired) electrons. The summed E-state index contributed by atoms with van der Waals surface area (Å²) < 4.78 is 0. The maximum atomic E-state index is 3.86. The number of rotatable bonds is 0. The van der Waals surface area contributed by atoms with E-state index in [1.807, 2.05) is 13.8 Å². The Balaban J connectivity index is 2.42. The minimum absolute atomic E-state index is 0.117. The van der Waals surface area contributed by atoms with Crippen molar-refractivity contribution in [2.45, 2.75) is 26.2 Å². The highest BCUT2D eigenvalue weighted by Gasteiger charge is 2.06. The Hall–Kier alpha value is -0.480. The fourth-order valence-corrected chi connectivity index (χ4v) is 0.499. The molecule has 0 spiro atoms. The molecular formula is C4H10N4. The van der Waals surface area contributed by atoms with Crippen LogP contribution in [-0.2, 0) is 0 Å². The number of nitrogens with zero attached hydrogens (tertiary/aromatic N) is 2. The molecule has 0 saturated heterocycles. The molecule has 0 aromatic rings. The Morgan fingerprint density at radius 1 is 1.00 bits per heavy atom. The lowest BCUT2D eigenvalue weighted by atomic mass is 10.6. The first-order valence-corrected chi connectivity index (χ1v) is 2.70. The maximum Gasteiger partial charge on any atom is 0.130 e. The Labute approximate surface area is 48.3 Å². The van der Waals surface area contributed by atoms with E-state index in [0.29, 0.717) is 0 Å². The van der Waals surface area contributed by atoms with Crippen LogP contribution in [0.25, 0.3) is 0 Å². The van der Waals surface area contributed by atoms with E-state index in [2.05, 4.69) is 21.1 Å². The summed E-state index contributed by atoms with van der Waals surface area (Å²) in [6, 6.07) is 0. The van der Waals surface area contributed by atoms with Crippen molar-refractivity contribution in [3.63, 3.8) is 0 Å². The molecule has 1 heterocycles. The minimum atomic E-state index is 0.117. The van der Waals surface area contributed by atoms with Crippen molar-refractivity contribution in [1.29, 1.82) is 0 Å². The van der Waals surface area contributed by atoms with E-state index >= 15 is 0 Å². The SMILES string of the molecule is CC1N=NC(C)NN1. The average Bonchev–Trinajstić information content (AvgIpc) is 1.77. The van der Waals surface area contributed by atoms with Crippen LogP contribution in [0.2, 0.25) is 0 Å². The van der Waals surface area contributed by atoms with Crippen molar-refractivity contribution in [1.82, 2.24) is 10.9 Å². The minimum Gasteiger partial charge on any atom is -0.231 e. The molecule has 0 aromatic heterocycles. The van der Waals surface area contributed by atoms with Gasteiger partial charge in [-0.05, 0) is 13.8 Å². The van der Waals surface area contributed by atoms with Gasteiger partial charge in [-0.1, -0.05) is 0 Å². The molecule has 4 heteroatoms. The van der Waals surface area contributed by atoms with E-state index < -0.39 is 0 Å². The van der Waals surface area contributed by atoms with Gasteiger partial charge in [0.2, 0.25) is 0 Å². The van der Waals surface area contributed by atoms with Crippen LogP contribution in [0.5, 0.6) is 0 Å². The van der Waals surface area contributed by atoms with Crippen molar-refractivity contribution in [3.05, 3.63) is 0 Å². The van der Waals surface area contributed by atoms with Gasteiger partial charge in [0.25, 0.3) is 0 Å². The van der Waals surface area contributed by atoms with Gasteiger partial charge in [-0.15, -0.1) is 0 Å². The number of azo groups is 1. The van der Waals surface area contributed by atoms with Crippen molar-refractivity contribution >= 4 is 0 Å². The van der Waals surface area contributed by atoms with Crippen LogP contribution < -0.4 is 10.9 Å². The summed E-state index contributed by atoms with van der Waals surface area (Å²) in [5, 5.41) is 7.72. The molecule has 8 heavy (non-hydrogen) atoms. The van der Waals surface area contributed by atoms with Crippen LogP contribution in [0.3, 0.4) is 0 Å². The van der Waals surface area contributed by atoms with Crippen molar-refractivity contribution < 1.29 is 0 Å². The normalized spacial score (nSPS) is 37.8. The lowest BCUT2D eigenvalue weighted by Crippen LogP contribution is -2.45. The summed E-state index contributed by atoms with van der Waals surface area (Å²) in [4.78, 5) is 0. The molecule has 46 valence electrons. The Bertz CT molecular complexity index is 88.2. The fraction of sp³-hybridized carbons (Fsp3) is 1.00. The molecule has 1 rings (SSSR count).